The second-order valence-electron chi connectivity index (χ2n) is 3.66. The van der Waals surface area contributed by atoms with Gasteiger partial charge in [-0.2, -0.15) is 0 Å². The minimum atomic E-state index is -1.10. The van der Waals surface area contributed by atoms with Gasteiger partial charge in [0.15, 0.2) is 0 Å². The van der Waals surface area contributed by atoms with Gasteiger partial charge in [-0.25, -0.2) is 4.39 Å². The molecule has 0 aliphatic carbocycles. The maximum atomic E-state index is 13.1. The molecule has 1 aromatic carbocycles. The largest absolute Gasteiger partial charge is 0.480 e. The van der Waals surface area contributed by atoms with Crippen LogP contribution in [0.2, 0.25) is 0 Å². The second kappa shape index (κ2) is 6.58. The van der Waals surface area contributed by atoms with Crippen LogP contribution in [-0.4, -0.2) is 36.6 Å². The molecule has 0 aromatic heterocycles. The van der Waals surface area contributed by atoms with Crippen molar-refractivity contribution < 1.29 is 19.1 Å². The molecule has 0 unspecified atom stereocenters. The fraction of sp³-hybridized carbons (Fsp3) is 0.333. The quantitative estimate of drug-likeness (QED) is 0.789. The molecule has 0 spiro atoms. The normalized spacial score (nSPS) is 9.89. The van der Waals surface area contributed by atoms with E-state index in [1.165, 1.54) is 12.1 Å². The first kappa shape index (κ1) is 14.0. The summed E-state index contributed by atoms with van der Waals surface area (Å²) in [6.07, 6.45) is 0. The van der Waals surface area contributed by atoms with E-state index < -0.39 is 18.4 Å². The van der Waals surface area contributed by atoms with E-state index in [2.05, 4.69) is 5.32 Å². The molecular weight excluding hydrogens is 239 g/mol. The van der Waals surface area contributed by atoms with Crippen LogP contribution in [-0.2, 0) is 9.59 Å². The Morgan fingerprint density at radius 2 is 2.17 bits per heavy atom. The van der Waals surface area contributed by atoms with E-state index in [1.54, 1.807) is 17.0 Å². The minimum absolute atomic E-state index is 0.00671. The van der Waals surface area contributed by atoms with Gasteiger partial charge in [-0.15, -0.1) is 0 Å². The highest BCUT2D eigenvalue weighted by Crippen LogP contribution is 2.14. The van der Waals surface area contributed by atoms with Crippen molar-refractivity contribution in [2.45, 2.75) is 6.92 Å². The number of benzene rings is 1. The van der Waals surface area contributed by atoms with Gasteiger partial charge >= 0.3 is 5.97 Å². The van der Waals surface area contributed by atoms with E-state index in [4.69, 9.17) is 5.11 Å². The Kier molecular flexibility index (Phi) is 5.10. The average Bonchev–Trinajstić information content (AvgIpc) is 2.33. The summed E-state index contributed by atoms with van der Waals surface area (Å²) >= 11 is 0. The molecule has 0 saturated carbocycles. The smallest absolute Gasteiger partial charge is 0.322 e. The molecule has 98 valence electrons. The lowest BCUT2D eigenvalue weighted by Crippen LogP contribution is -2.39. The number of hydrogen-bond acceptors (Lipinski definition) is 3. The van der Waals surface area contributed by atoms with Crippen molar-refractivity contribution in [3.63, 3.8) is 0 Å². The molecule has 0 fully saturated rings. The van der Waals surface area contributed by atoms with Crippen LogP contribution in [0.15, 0.2) is 24.3 Å². The first-order valence-corrected chi connectivity index (χ1v) is 5.52. The number of nitrogens with zero attached hydrogens (tertiary/aromatic N) is 1. The van der Waals surface area contributed by atoms with Crippen molar-refractivity contribution in [3.8, 4) is 0 Å². The van der Waals surface area contributed by atoms with E-state index in [-0.39, 0.29) is 12.4 Å². The van der Waals surface area contributed by atoms with Gasteiger partial charge in [0.05, 0.1) is 6.54 Å². The number of nitrogens with one attached hydrogen (secondary N) is 1. The van der Waals surface area contributed by atoms with Gasteiger partial charge in [-0.3, -0.25) is 9.59 Å². The Balaban J connectivity index is 2.62. The third-order valence-corrected chi connectivity index (χ3v) is 2.33. The van der Waals surface area contributed by atoms with Crippen molar-refractivity contribution in [2.24, 2.45) is 0 Å². The highest BCUT2D eigenvalue weighted by Gasteiger charge is 2.11. The lowest BCUT2D eigenvalue weighted by molar-refractivity contribution is -0.137. The molecule has 18 heavy (non-hydrogen) atoms. The molecule has 0 saturated heterocycles. The number of hydrogen-bond donors (Lipinski definition) is 2. The van der Waals surface area contributed by atoms with Gasteiger partial charge in [0.1, 0.15) is 12.4 Å². The highest BCUT2D eigenvalue weighted by molar-refractivity contribution is 5.84. The van der Waals surface area contributed by atoms with Crippen LogP contribution in [0.3, 0.4) is 0 Å². The van der Waals surface area contributed by atoms with Gasteiger partial charge in [-0.05, 0) is 25.1 Å². The number of likely N-dealkylation sites (N-methyl/N-ethyl adjacent to an activating group) is 1. The first-order chi connectivity index (χ1) is 8.52. The molecule has 1 amide bonds. The van der Waals surface area contributed by atoms with Crippen LogP contribution in [0.4, 0.5) is 10.1 Å². The number of rotatable bonds is 6. The Bertz CT molecular complexity index is 437. The van der Waals surface area contributed by atoms with Crippen LogP contribution in [0.5, 0.6) is 0 Å². The standard InChI is InChI=1S/C12H15FN2O3/c1-2-15(8-11(16)14-7-12(17)18)10-5-3-4-9(13)6-10/h3-6H,2,7-8H2,1H3,(H,14,16)(H,17,18). The lowest BCUT2D eigenvalue weighted by Gasteiger charge is -2.22. The molecule has 0 atom stereocenters. The molecule has 0 bridgehead atoms. The summed E-state index contributed by atoms with van der Waals surface area (Å²) in [6, 6.07) is 5.90. The van der Waals surface area contributed by atoms with Gasteiger partial charge in [0.2, 0.25) is 5.91 Å². The Morgan fingerprint density at radius 3 is 2.72 bits per heavy atom. The van der Waals surface area contributed by atoms with Crippen molar-refractivity contribution in [2.75, 3.05) is 24.5 Å². The molecule has 5 nitrogen and oxygen atoms in total. The zero-order chi connectivity index (χ0) is 13.5. The van der Waals surface area contributed by atoms with Gasteiger partial charge in [0, 0.05) is 12.2 Å². The second-order valence-corrected chi connectivity index (χ2v) is 3.66. The Hall–Kier alpha value is -2.11. The van der Waals surface area contributed by atoms with E-state index in [0.29, 0.717) is 12.2 Å². The van der Waals surface area contributed by atoms with Gasteiger partial charge in [0.25, 0.3) is 0 Å². The Labute approximate surface area is 104 Å². The zero-order valence-corrected chi connectivity index (χ0v) is 10.0. The topological polar surface area (TPSA) is 69.6 Å². The molecule has 0 aliphatic rings. The number of halogens is 1. The van der Waals surface area contributed by atoms with Crippen LogP contribution >= 0.6 is 0 Å². The molecule has 1 rings (SSSR count). The molecule has 0 heterocycles. The highest BCUT2D eigenvalue weighted by atomic mass is 19.1. The maximum Gasteiger partial charge on any atom is 0.322 e. The first-order valence-electron chi connectivity index (χ1n) is 5.52. The predicted octanol–water partition coefficient (Wildman–Crippen LogP) is 0.853. The summed E-state index contributed by atoms with van der Waals surface area (Å²) in [4.78, 5) is 23.4. The van der Waals surface area contributed by atoms with Gasteiger partial charge < -0.3 is 15.3 Å². The minimum Gasteiger partial charge on any atom is -0.480 e. The van der Waals surface area contributed by atoms with E-state index >= 15 is 0 Å². The third-order valence-electron chi connectivity index (χ3n) is 2.33. The van der Waals surface area contributed by atoms with Crippen molar-refractivity contribution in [1.82, 2.24) is 5.32 Å². The molecule has 0 aliphatic heterocycles. The summed E-state index contributed by atoms with van der Waals surface area (Å²) in [5.74, 6) is -1.89. The number of anilines is 1. The van der Waals surface area contributed by atoms with E-state index in [1.807, 2.05) is 6.92 Å². The van der Waals surface area contributed by atoms with Crippen LogP contribution in [0.25, 0.3) is 0 Å². The third kappa shape index (κ3) is 4.40. The van der Waals surface area contributed by atoms with Crippen LogP contribution in [0.1, 0.15) is 6.92 Å². The van der Waals surface area contributed by atoms with Crippen molar-refractivity contribution in [1.29, 1.82) is 0 Å². The molecule has 6 heteroatoms. The predicted molar refractivity (Wildman–Crippen MR) is 64.9 cm³/mol. The summed E-state index contributed by atoms with van der Waals surface area (Å²) < 4.78 is 13.1. The molecule has 2 N–H and O–H groups in total. The number of carboxylic acids is 1. The summed E-state index contributed by atoms with van der Waals surface area (Å²) in [6.45, 7) is 1.92. The lowest BCUT2D eigenvalue weighted by atomic mass is 10.2. The number of carbonyl (C=O) groups is 2. The number of aliphatic carboxylic acids is 1. The van der Waals surface area contributed by atoms with Crippen molar-refractivity contribution >= 4 is 17.6 Å². The average molecular weight is 254 g/mol. The van der Waals surface area contributed by atoms with Crippen LogP contribution < -0.4 is 10.2 Å². The van der Waals surface area contributed by atoms with Crippen molar-refractivity contribution in [3.05, 3.63) is 30.1 Å². The summed E-state index contributed by atoms with van der Waals surface area (Å²) in [5, 5.41) is 10.7. The monoisotopic (exact) mass is 254 g/mol. The maximum absolute atomic E-state index is 13.1. The van der Waals surface area contributed by atoms with Gasteiger partial charge in [-0.1, -0.05) is 6.07 Å². The summed E-state index contributed by atoms with van der Waals surface area (Å²) in [5.41, 5.74) is 0.586. The number of carboxylic acid groups (broad SMARTS) is 1. The fourth-order valence-electron chi connectivity index (χ4n) is 1.46. The zero-order valence-electron chi connectivity index (χ0n) is 10.0. The molecule has 1 aromatic rings. The summed E-state index contributed by atoms with van der Waals surface area (Å²) in [7, 11) is 0. The van der Waals surface area contributed by atoms with E-state index in [0.717, 1.165) is 0 Å². The van der Waals surface area contributed by atoms with Crippen LogP contribution in [0, 0.1) is 5.82 Å². The number of amides is 1. The molecular formula is C12H15FN2O3. The fourth-order valence-corrected chi connectivity index (χ4v) is 1.46. The Morgan fingerprint density at radius 1 is 1.44 bits per heavy atom. The molecule has 0 radical (unpaired) electrons. The SMILES string of the molecule is CCN(CC(=O)NCC(=O)O)c1cccc(F)c1. The number of carbonyl (C=O) groups excluding carboxylic acids is 1. The van der Waals surface area contributed by atoms with E-state index in [9.17, 15) is 14.0 Å².